The number of imidazole rings is 1. The SMILES string of the molecule is CN(c1ccc2c(c1)nc(CCc1ccc(C#N)cc1)n2C)S(C)(=O)=O. The minimum Gasteiger partial charge on any atom is -0.331 e. The number of hydrogen-bond donors (Lipinski definition) is 0. The number of nitriles is 1. The summed E-state index contributed by atoms with van der Waals surface area (Å²) in [6.07, 6.45) is 2.76. The van der Waals surface area contributed by atoms with Crippen LogP contribution in [-0.4, -0.2) is 31.3 Å². The first-order valence-electron chi connectivity index (χ1n) is 8.18. The van der Waals surface area contributed by atoms with E-state index >= 15 is 0 Å². The molecule has 0 spiro atoms. The van der Waals surface area contributed by atoms with E-state index in [1.54, 1.807) is 12.1 Å². The van der Waals surface area contributed by atoms with E-state index in [-0.39, 0.29) is 0 Å². The number of fused-ring (bicyclic) bond motifs is 1. The summed E-state index contributed by atoms with van der Waals surface area (Å²) in [5.41, 5.74) is 4.13. The first-order valence-corrected chi connectivity index (χ1v) is 10.0. The van der Waals surface area contributed by atoms with Gasteiger partial charge in [0.1, 0.15) is 5.82 Å². The normalized spacial score (nSPS) is 11.5. The maximum atomic E-state index is 11.7. The van der Waals surface area contributed by atoms with Gasteiger partial charge in [-0.1, -0.05) is 12.1 Å². The maximum Gasteiger partial charge on any atom is 0.231 e. The van der Waals surface area contributed by atoms with Gasteiger partial charge in [-0.2, -0.15) is 5.26 Å². The second kappa shape index (κ2) is 6.81. The lowest BCUT2D eigenvalue weighted by molar-refractivity contribution is 0.600. The van der Waals surface area contributed by atoms with Crippen molar-refractivity contribution in [1.82, 2.24) is 9.55 Å². The van der Waals surface area contributed by atoms with E-state index in [4.69, 9.17) is 5.26 Å². The van der Waals surface area contributed by atoms with Crippen LogP contribution in [-0.2, 0) is 29.9 Å². The van der Waals surface area contributed by atoms with Crippen molar-refractivity contribution >= 4 is 26.7 Å². The highest BCUT2D eigenvalue weighted by molar-refractivity contribution is 7.92. The van der Waals surface area contributed by atoms with Crippen LogP contribution in [0.15, 0.2) is 42.5 Å². The van der Waals surface area contributed by atoms with Crippen LogP contribution in [0.4, 0.5) is 5.69 Å². The smallest absolute Gasteiger partial charge is 0.231 e. The van der Waals surface area contributed by atoms with E-state index in [1.807, 2.05) is 41.9 Å². The Morgan fingerprint density at radius 3 is 2.46 bits per heavy atom. The molecule has 1 aromatic heterocycles. The zero-order chi connectivity index (χ0) is 18.9. The standard InChI is InChI=1S/C19H20N4O2S/c1-22-18-10-9-16(23(2)26(3,24)25)12-17(18)21-19(22)11-8-14-4-6-15(13-20)7-5-14/h4-7,9-10,12H,8,11H2,1-3H3. The monoisotopic (exact) mass is 368 g/mol. The first-order chi connectivity index (χ1) is 12.3. The van der Waals surface area contributed by atoms with Gasteiger partial charge in [0.15, 0.2) is 0 Å². The molecule has 0 amide bonds. The quantitative estimate of drug-likeness (QED) is 0.693. The average Bonchev–Trinajstić information content (AvgIpc) is 2.94. The Kier molecular flexibility index (Phi) is 4.70. The summed E-state index contributed by atoms with van der Waals surface area (Å²) in [4.78, 5) is 4.68. The number of rotatable bonds is 5. The molecule has 2 aromatic carbocycles. The number of nitrogens with zero attached hydrogens (tertiary/aromatic N) is 4. The van der Waals surface area contributed by atoms with Gasteiger partial charge in [-0.15, -0.1) is 0 Å². The summed E-state index contributed by atoms with van der Waals surface area (Å²) < 4.78 is 26.7. The van der Waals surface area contributed by atoms with Gasteiger partial charge in [0, 0.05) is 20.5 Å². The molecule has 26 heavy (non-hydrogen) atoms. The predicted octanol–water partition coefficient (Wildman–Crippen LogP) is 2.63. The molecule has 0 radical (unpaired) electrons. The minimum absolute atomic E-state index is 0.594. The molecule has 3 rings (SSSR count). The van der Waals surface area contributed by atoms with Crippen molar-refractivity contribution in [3.05, 3.63) is 59.4 Å². The van der Waals surface area contributed by atoms with Crippen molar-refractivity contribution in [1.29, 1.82) is 5.26 Å². The zero-order valence-electron chi connectivity index (χ0n) is 15.0. The van der Waals surface area contributed by atoms with Crippen LogP contribution in [0.2, 0.25) is 0 Å². The van der Waals surface area contributed by atoms with Gasteiger partial charge in [-0.3, -0.25) is 4.31 Å². The van der Waals surface area contributed by atoms with Crippen LogP contribution in [0.25, 0.3) is 11.0 Å². The summed E-state index contributed by atoms with van der Waals surface area (Å²) in [6, 6.07) is 15.1. The largest absolute Gasteiger partial charge is 0.331 e. The topological polar surface area (TPSA) is 79.0 Å². The van der Waals surface area contributed by atoms with E-state index < -0.39 is 10.0 Å². The highest BCUT2D eigenvalue weighted by Crippen LogP contribution is 2.23. The van der Waals surface area contributed by atoms with Gasteiger partial charge in [0.2, 0.25) is 10.0 Å². The Bertz CT molecular complexity index is 1090. The lowest BCUT2D eigenvalue weighted by atomic mass is 10.1. The highest BCUT2D eigenvalue weighted by atomic mass is 32.2. The number of benzene rings is 2. The number of hydrogen-bond acceptors (Lipinski definition) is 4. The van der Waals surface area contributed by atoms with E-state index in [1.165, 1.54) is 17.6 Å². The van der Waals surface area contributed by atoms with Gasteiger partial charge in [-0.05, 0) is 42.3 Å². The van der Waals surface area contributed by atoms with E-state index in [0.29, 0.717) is 11.3 Å². The summed E-state index contributed by atoms with van der Waals surface area (Å²) in [5.74, 6) is 0.934. The molecule has 1 heterocycles. The fraction of sp³-hybridized carbons (Fsp3) is 0.263. The van der Waals surface area contributed by atoms with Crippen LogP contribution in [0.5, 0.6) is 0 Å². The lowest BCUT2D eigenvalue weighted by Crippen LogP contribution is -2.24. The third-order valence-electron chi connectivity index (χ3n) is 4.54. The van der Waals surface area contributed by atoms with Gasteiger partial charge in [0.05, 0.1) is 34.6 Å². The molecule has 0 N–H and O–H groups in total. The zero-order valence-corrected chi connectivity index (χ0v) is 15.8. The summed E-state index contributed by atoms with van der Waals surface area (Å²) >= 11 is 0. The van der Waals surface area contributed by atoms with Gasteiger partial charge in [0.25, 0.3) is 0 Å². The Morgan fingerprint density at radius 2 is 1.85 bits per heavy atom. The Morgan fingerprint density at radius 1 is 1.15 bits per heavy atom. The number of aromatic nitrogens is 2. The molecule has 0 fully saturated rings. The van der Waals surface area contributed by atoms with E-state index in [0.717, 1.165) is 35.3 Å². The van der Waals surface area contributed by atoms with Crippen LogP contribution in [0.3, 0.4) is 0 Å². The Labute approximate surface area is 153 Å². The third kappa shape index (κ3) is 3.55. The molecular formula is C19H20N4O2S. The summed E-state index contributed by atoms with van der Waals surface area (Å²) in [5, 5.41) is 8.86. The first kappa shape index (κ1) is 18.0. The van der Waals surface area contributed by atoms with Crippen molar-refractivity contribution < 1.29 is 8.42 Å². The van der Waals surface area contributed by atoms with E-state index in [9.17, 15) is 8.42 Å². The molecule has 6 nitrogen and oxygen atoms in total. The number of sulfonamides is 1. The van der Waals surface area contributed by atoms with Crippen LogP contribution in [0.1, 0.15) is 17.0 Å². The second-order valence-electron chi connectivity index (χ2n) is 6.30. The molecule has 0 aliphatic rings. The molecule has 0 aliphatic heterocycles. The van der Waals surface area contributed by atoms with Crippen LogP contribution in [0, 0.1) is 11.3 Å². The molecule has 0 atom stereocenters. The van der Waals surface area contributed by atoms with Gasteiger partial charge >= 0.3 is 0 Å². The molecular weight excluding hydrogens is 348 g/mol. The van der Waals surface area contributed by atoms with Crippen molar-refractivity contribution in [3.63, 3.8) is 0 Å². The Hall–Kier alpha value is -2.85. The molecule has 0 unspecified atom stereocenters. The van der Waals surface area contributed by atoms with Crippen LogP contribution >= 0.6 is 0 Å². The van der Waals surface area contributed by atoms with Crippen LogP contribution < -0.4 is 4.31 Å². The number of anilines is 1. The molecule has 7 heteroatoms. The average molecular weight is 368 g/mol. The number of aryl methyl sites for hydroxylation is 3. The molecule has 0 saturated heterocycles. The third-order valence-corrected chi connectivity index (χ3v) is 5.74. The van der Waals surface area contributed by atoms with Gasteiger partial charge in [-0.25, -0.2) is 13.4 Å². The fourth-order valence-corrected chi connectivity index (χ4v) is 3.35. The molecule has 0 saturated carbocycles. The predicted molar refractivity (Wildman–Crippen MR) is 103 cm³/mol. The van der Waals surface area contributed by atoms with Crippen molar-refractivity contribution in [2.45, 2.75) is 12.8 Å². The molecule has 134 valence electrons. The molecule has 3 aromatic rings. The van der Waals surface area contributed by atoms with E-state index in [2.05, 4.69) is 11.1 Å². The van der Waals surface area contributed by atoms with Crippen molar-refractivity contribution in [3.8, 4) is 6.07 Å². The molecule has 0 bridgehead atoms. The lowest BCUT2D eigenvalue weighted by Gasteiger charge is -2.16. The summed E-state index contributed by atoms with van der Waals surface area (Å²) in [6.45, 7) is 0. The van der Waals surface area contributed by atoms with Crippen molar-refractivity contribution in [2.24, 2.45) is 7.05 Å². The second-order valence-corrected chi connectivity index (χ2v) is 8.31. The maximum absolute atomic E-state index is 11.7. The summed E-state index contributed by atoms with van der Waals surface area (Å²) in [7, 11) is 0.191. The molecule has 0 aliphatic carbocycles. The van der Waals surface area contributed by atoms with Crippen molar-refractivity contribution in [2.75, 3.05) is 17.6 Å². The fourth-order valence-electron chi connectivity index (χ4n) is 2.85. The Balaban J connectivity index is 1.85. The highest BCUT2D eigenvalue weighted by Gasteiger charge is 2.14. The minimum atomic E-state index is -3.30. The van der Waals surface area contributed by atoms with Gasteiger partial charge < -0.3 is 4.57 Å².